The highest BCUT2D eigenvalue weighted by atomic mass is 16.5. The zero-order valence-electron chi connectivity index (χ0n) is 43.1. The highest BCUT2D eigenvalue weighted by molar-refractivity contribution is 5.90. The first-order valence-electron chi connectivity index (χ1n) is 25.9. The van der Waals surface area contributed by atoms with Crippen molar-refractivity contribution in [3.05, 3.63) is 48.0 Å². The van der Waals surface area contributed by atoms with Gasteiger partial charge < -0.3 is 61.5 Å². The number of benzene rings is 2. The number of unbranched alkanes of at least 4 members (excludes halogenated alkanes) is 1. The van der Waals surface area contributed by atoms with E-state index in [4.69, 9.17) is 9.84 Å². The van der Waals surface area contributed by atoms with Crippen LogP contribution in [0.4, 0.5) is 4.79 Å². The fraction of sp³-hybridized carbons (Fsp3) is 0.608. The van der Waals surface area contributed by atoms with E-state index in [0.29, 0.717) is 32.2 Å². The third kappa shape index (κ3) is 20.8. The minimum Gasteiger partial charge on any atom is -0.481 e. The van der Waals surface area contributed by atoms with Crippen LogP contribution in [0.1, 0.15) is 63.4 Å². The molecule has 2 aromatic rings. The van der Waals surface area contributed by atoms with Crippen molar-refractivity contribution in [2.75, 3.05) is 105 Å². The number of carbonyl (C=O) groups is 10. The molecule has 0 unspecified atom stereocenters. The Morgan fingerprint density at radius 3 is 1.62 bits per heavy atom. The summed E-state index contributed by atoms with van der Waals surface area (Å²) in [5.74, 6) is -8.77. The first kappa shape index (κ1) is 60.9. The van der Waals surface area contributed by atoms with Gasteiger partial charge in [-0.1, -0.05) is 42.5 Å². The molecule has 5 rings (SSSR count). The van der Waals surface area contributed by atoms with Gasteiger partial charge in [-0.25, -0.2) is 14.4 Å². The van der Waals surface area contributed by atoms with E-state index in [1.807, 2.05) is 47.4 Å². The van der Waals surface area contributed by atoms with Crippen LogP contribution in [0.5, 0.6) is 0 Å². The lowest BCUT2D eigenvalue weighted by molar-refractivity contribution is -0.161. The quantitative estimate of drug-likeness (QED) is 0.0560. The fourth-order valence-corrected chi connectivity index (χ4v) is 9.89. The number of amides is 5. The van der Waals surface area contributed by atoms with E-state index in [0.717, 1.165) is 16.3 Å². The molecule has 1 aliphatic carbocycles. The normalized spacial score (nSPS) is 20.6. The van der Waals surface area contributed by atoms with Crippen molar-refractivity contribution < 1.29 is 83.3 Å². The number of rotatable bonds is 25. The summed E-state index contributed by atoms with van der Waals surface area (Å²) in [4.78, 5) is 133. The highest BCUT2D eigenvalue weighted by Crippen LogP contribution is 2.37. The van der Waals surface area contributed by atoms with Gasteiger partial charge in [0.15, 0.2) is 0 Å². The maximum Gasteiger partial charge on any atom is 0.326 e. The predicted molar refractivity (Wildman–Crippen MR) is 274 cm³/mol. The van der Waals surface area contributed by atoms with Crippen molar-refractivity contribution in [1.29, 1.82) is 0 Å². The van der Waals surface area contributed by atoms with Crippen LogP contribution in [-0.4, -0.2) is 243 Å². The summed E-state index contributed by atoms with van der Waals surface area (Å²) in [5.41, 5.74) is 0.0651. The maximum absolute atomic E-state index is 14.1. The van der Waals surface area contributed by atoms with E-state index >= 15 is 0 Å². The zero-order chi connectivity index (χ0) is 56.1. The molecule has 3 atom stereocenters. The van der Waals surface area contributed by atoms with Gasteiger partial charge in [0, 0.05) is 90.8 Å². The molecule has 424 valence electrons. The Bertz CT molecular complexity index is 2370. The second-order valence-electron chi connectivity index (χ2n) is 20.0. The van der Waals surface area contributed by atoms with E-state index < -0.39 is 90.2 Å². The summed E-state index contributed by atoms with van der Waals surface area (Å²) in [7, 11) is 0. The van der Waals surface area contributed by atoms with Crippen molar-refractivity contribution in [2.24, 2.45) is 5.92 Å². The smallest absolute Gasteiger partial charge is 0.326 e. The van der Waals surface area contributed by atoms with Crippen molar-refractivity contribution in [1.82, 2.24) is 45.8 Å². The molecular formula is C51H73N9O17. The van der Waals surface area contributed by atoms with Gasteiger partial charge in [-0.2, -0.15) is 0 Å². The van der Waals surface area contributed by atoms with Crippen LogP contribution < -0.4 is 21.3 Å². The second kappa shape index (κ2) is 30.1. The van der Waals surface area contributed by atoms with Gasteiger partial charge in [0.1, 0.15) is 18.1 Å². The van der Waals surface area contributed by atoms with Gasteiger partial charge in [-0.3, -0.25) is 53.2 Å². The number of ether oxygens (including phenoxy) is 1. The standard InChI is InChI=1S/C51H73N9O17/c61-41(29-56-17-19-57(30-43(64)65)21-23-59(32-45(68)69)24-22-58(20-18-56)31-44(66)67)60-25-26-77-51(33-60)14-12-36(13-15-51)46(70)53-40(28-34-8-9-35-5-1-2-6-37(35)27-34)47(71)52-16-4-3-7-38(48(72)73)54-50(76)55-39(49(74)75)10-11-42(62)63/h1-2,5-6,8-9,27,36,38-40H,3-4,7,10-26,28-33H2,(H,52,71)(H,53,70)(H,62,63)(H,64,65)(H,66,67)(H,68,69)(H,72,73)(H,74,75)(H2,54,55,76)/t36?,38-,39-,40-,51?/m0/s1. The van der Waals surface area contributed by atoms with Crippen LogP contribution in [0.25, 0.3) is 10.8 Å². The Balaban J connectivity index is 1.17. The first-order valence-corrected chi connectivity index (χ1v) is 25.9. The summed E-state index contributed by atoms with van der Waals surface area (Å²) in [6.07, 6.45) is 1.33. The van der Waals surface area contributed by atoms with E-state index in [1.165, 1.54) is 0 Å². The van der Waals surface area contributed by atoms with Crippen LogP contribution in [0, 0.1) is 5.92 Å². The molecule has 77 heavy (non-hydrogen) atoms. The van der Waals surface area contributed by atoms with E-state index in [2.05, 4.69) is 21.3 Å². The molecule has 0 radical (unpaired) electrons. The highest BCUT2D eigenvalue weighted by Gasteiger charge is 2.43. The third-order valence-corrected chi connectivity index (χ3v) is 14.2. The summed E-state index contributed by atoms with van der Waals surface area (Å²) in [5, 5.41) is 68.7. The number of carboxylic acids is 6. The van der Waals surface area contributed by atoms with E-state index in [1.54, 1.807) is 19.6 Å². The largest absolute Gasteiger partial charge is 0.481 e. The molecule has 1 saturated carbocycles. The third-order valence-electron chi connectivity index (χ3n) is 14.2. The molecule has 1 spiro atoms. The predicted octanol–water partition coefficient (Wildman–Crippen LogP) is -0.513. The molecule has 26 nitrogen and oxygen atoms in total. The Morgan fingerprint density at radius 2 is 1.10 bits per heavy atom. The number of morpholine rings is 1. The summed E-state index contributed by atoms with van der Waals surface area (Å²) in [6, 6.07) is 8.39. The molecular weight excluding hydrogens is 1010 g/mol. The average molecular weight is 1080 g/mol. The van der Waals surface area contributed by atoms with Crippen LogP contribution in [0.3, 0.4) is 0 Å². The maximum atomic E-state index is 14.1. The number of aliphatic carboxylic acids is 6. The number of hydrogen-bond donors (Lipinski definition) is 10. The molecule has 5 amide bonds. The SMILES string of the molecule is O=C(O)CC[C@H](NC(=O)N[C@@H](CCCCNC(=O)[C@H](Cc1ccc2ccccc2c1)NC(=O)C1CCC2(CC1)CN(C(=O)CN1CCN(CC(=O)O)CCN(CC(=O)O)CCN(CC(=O)O)CC1)CCO2)C(=O)O)C(=O)O. The molecule has 0 bridgehead atoms. The number of fused-ring (bicyclic) bond motifs is 1. The van der Waals surface area contributed by atoms with E-state index in [-0.39, 0.29) is 136 Å². The van der Waals surface area contributed by atoms with E-state index in [9.17, 15) is 73.5 Å². The van der Waals surface area contributed by atoms with Gasteiger partial charge >= 0.3 is 41.8 Å². The lowest BCUT2D eigenvalue weighted by Crippen LogP contribution is -2.58. The molecule has 26 heteroatoms. The zero-order valence-corrected chi connectivity index (χ0v) is 43.1. The summed E-state index contributed by atoms with van der Waals surface area (Å²) < 4.78 is 6.35. The summed E-state index contributed by atoms with van der Waals surface area (Å²) in [6.45, 7) is 2.13. The van der Waals surface area contributed by atoms with Gasteiger partial charge in [0.05, 0.1) is 38.4 Å². The van der Waals surface area contributed by atoms with Gasteiger partial charge in [-0.05, 0) is 67.7 Å². The number of nitrogens with one attached hydrogen (secondary N) is 4. The molecule has 10 N–H and O–H groups in total. The van der Waals surface area contributed by atoms with Gasteiger partial charge in [0.2, 0.25) is 17.7 Å². The van der Waals surface area contributed by atoms with Crippen molar-refractivity contribution >= 4 is 70.3 Å². The number of hydrogen-bond acceptors (Lipinski definition) is 15. The monoisotopic (exact) mass is 1080 g/mol. The number of nitrogens with zero attached hydrogens (tertiary/aromatic N) is 5. The van der Waals surface area contributed by atoms with Crippen LogP contribution >= 0.6 is 0 Å². The molecule has 3 aliphatic rings. The molecule has 3 fully saturated rings. The Kier molecular flexibility index (Phi) is 23.8. The minimum absolute atomic E-state index is 0.0249. The lowest BCUT2D eigenvalue weighted by atomic mass is 9.77. The molecule has 0 aromatic heterocycles. The van der Waals surface area contributed by atoms with Crippen molar-refractivity contribution in [2.45, 2.75) is 87.9 Å². The fourth-order valence-electron chi connectivity index (χ4n) is 9.89. The number of carboxylic acid groups (broad SMARTS) is 6. The Hall–Kier alpha value is -7.00. The molecule has 2 saturated heterocycles. The van der Waals surface area contributed by atoms with Gasteiger partial charge in [-0.15, -0.1) is 0 Å². The second-order valence-corrected chi connectivity index (χ2v) is 20.0. The first-order chi connectivity index (χ1) is 36.7. The van der Waals surface area contributed by atoms with Crippen molar-refractivity contribution in [3.8, 4) is 0 Å². The lowest BCUT2D eigenvalue weighted by Gasteiger charge is -2.46. The molecule has 2 aliphatic heterocycles. The number of urea groups is 1. The van der Waals surface area contributed by atoms with Gasteiger partial charge in [0.25, 0.3) is 0 Å². The van der Waals surface area contributed by atoms with Crippen molar-refractivity contribution in [3.63, 3.8) is 0 Å². The van der Waals surface area contributed by atoms with Crippen LogP contribution in [-0.2, 0) is 54.3 Å². The topological polar surface area (TPSA) is 366 Å². The Morgan fingerprint density at radius 1 is 0.584 bits per heavy atom. The molecule has 2 aromatic carbocycles. The summed E-state index contributed by atoms with van der Waals surface area (Å²) >= 11 is 0. The Labute approximate surface area is 445 Å². The average Bonchev–Trinajstić information content (AvgIpc) is 3.37. The number of carbonyl (C=O) groups excluding carboxylic acids is 4. The molecule has 2 heterocycles. The van der Waals surface area contributed by atoms with Crippen LogP contribution in [0.2, 0.25) is 0 Å². The minimum atomic E-state index is -1.56. The van der Waals surface area contributed by atoms with Crippen LogP contribution in [0.15, 0.2) is 42.5 Å².